The molecule has 3 nitrogen and oxygen atoms in total. The first-order valence-electron chi connectivity index (χ1n) is 7.67. The molecule has 0 unspecified atom stereocenters. The van der Waals surface area contributed by atoms with Gasteiger partial charge in [0.05, 0.1) is 0 Å². The summed E-state index contributed by atoms with van der Waals surface area (Å²) in [5.74, 6) is 1.04. The Morgan fingerprint density at radius 3 is 3.05 bits per heavy atom. The van der Waals surface area contributed by atoms with Crippen molar-refractivity contribution in [2.45, 2.75) is 19.5 Å². The van der Waals surface area contributed by atoms with Crippen molar-refractivity contribution in [2.24, 2.45) is 0 Å². The fourth-order valence-electron chi connectivity index (χ4n) is 3.23. The molecular formula is C18H20N2O. The monoisotopic (exact) mass is 280 g/mol. The van der Waals surface area contributed by atoms with Crippen molar-refractivity contribution in [2.75, 3.05) is 25.0 Å². The van der Waals surface area contributed by atoms with Crippen LogP contribution in [0.15, 0.2) is 42.5 Å². The van der Waals surface area contributed by atoms with Crippen molar-refractivity contribution in [1.82, 2.24) is 4.90 Å². The summed E-state index contributed by atoms with van der Waals surface area (Å²) < 4.78 is 5.84. The minimum Gasteiger partial charge on any atom is -0.492 e. The number of anilines is 1. The predicted molar refractivity (Wildman–Crippen MR) is 84.7 cm³/mol. The number of nitrogens with zero attached hydrogens (tertiary/aromatic N) is 1. The van der Waals surface area contributed by atoms with E-state index in [0.29, 0.717) is 0 Å². The molecule has 0 spiro atoms. The van der Waals surface area contributed by atoms with E-state index < -0.39 is 0 Å². The van der Waals surface area contributed by atoms with Crippen molar-refractivity contribution >= 4 is 5.69 Å². The zero-order chi connectivity index (χ0) is 14.1. The number of hydrogen-bond donors (Lipinski definition) is 1. The van der Waals surface area contributed by atoms with Gasteiger partial charge in [-0.1, -0.05) is 30.3 Å². The molecule has 0 saturated carbocycles. The van der Waals surface area contributed by atoms with Gasteiger partial charge in [0.25, 0.3) is 0 Å². The predicted octanol–water partition coefficient (Wildman–Crippen LogP) is 3.05. The Balaban J connectivity index is 1.52. The molecule has 0 bridgehead atoms. The molecule has 2 aliphatic rings. The molecule has 0 radical (unpaired) electrons. The summed E-state index contributed by atoms with van der Waals surface area (Å²) in [5.41, 5.74) is 5.46. The van der Waals surface area contributed by atoms with Crippen LogP contribution in [0.2, 0.25) is 0 Å². The number of hydrogen-bond acceptors (Lipinski definition) is 3. The first-order valence-corrected chi connectivity index (χ1v) is 7.67. The SMILES string of the molecule is c1ccc2c(c1)CN(Cc1ccc3c(c1)CCN3)CCO2. The van der Waals surface area contributed by atoms with E-state index >= 15 is 0 Å². The van der Waals surface area contributed by atoms with Gasteiger partial charge in [-0.2, -0.15) is 0 Å². The highest BCUT2D eigenvalue weighted by Crippen LogP contribution is 2.26. The zero-order valence-corrected chi connectivity index (χ0v) is 12.1. The second-order valence-corrected chi connectivity index (χ2v) is 5.84. The highest BCUT2D eigenvalue weighted by molar-refractivity contribution is 5.56. The van der Waals surface area contributed by atoms with E-state index in [-0.39, 0.29) is 0 Å². The molecular weight excluding hydrogens is 260 g/mol. The van der Waals surface area contributed by atoms with Crippen LogP contribution in [0.3, 0.4) is 0 Å². The molecule has 2 aromatic carbocycles. The van der Waals surface area contributed by atoms with Crippen molar-refractivity contribution in [3.63, 3.8) is 0 Å². The molecule has 0 saturated heterocycles. The quantitative estimate of drug-likeness (QED) is 0.915. The summed E-state index contributed by atoms with van der Waals surface area (Å²) in [7, 11) is 0. The topological polar surface area (TPSA) is 24.5 Å². The average Bonchev–Trinajstić information content (AvgIpc) is 2.87. The summed E-state index contributed by atoms with van der Waals surface area (Å²) >= 11 is 0. The summed E-state index contributed by atoms with van der Waals surface area (Å²) in [4.78, 5) is 2.47. The summed E-state index contributed by atoms with van der Waals surface area (Å²) in [5, 5.41) is 3.42. The Morgan fingerprint density at radius 2 is 2.05 bits per heavy atom. The molecule has 2 heterocycles. The van der Waals surface area contributed by atoms with Gasteiger partial charge in [0.1, 0.15) is 12.4 Å². The van der Waals surface area contributed by atoms with E-state index in [4.69, 9.17) is 4.74 Å². The van der Waals surface area contributed by atoms with Crippen LogP contribution in [0.5, 0.6) is 5.75 Å². The lowest BCUT2D eigenvalue weighted by Crippen LogP contribution is -2.25. The number of benzene rings is 2. The van der Waals surface area contributed by atoms with Gasteiger partial charge in [-0.05, 0) is 29.7 Å². The standard InChI is InChI=1S/C18H20N2O/c1-2-4-18-16(3-1)13-20(9-10-21-18)12-14-5-6-17-15(11-14)7-8-19-17/h1-6,11,19H,7-10,12-13H2. The molecule has 0 aromatic heterocycles. The van der Waals surface area contributed by atoms with Crippen molar-refractivity contribution in [3.05, 3.63) is 59.2 Å². The van der Waals surface area contributed by atoms with Gasteiger partial charge in [-0.15, -0.1) is 0 Å². The molecule has 21 heavy (non-hydrogen) atoms. The van der Waals surface area contributed by atoms with Crippen molar-refractivity contribution in [3.8, 4) is 5.75 Å². The molecule has 2 aromatic rings. The Hall–Kier alpha value is -2.00. The van der Waals surface area contributed by atoms with Crippen LogP contribution < -0.4 is 10.1 Å². The summed E-state index contributed by atoms with van der Waals surface area (Å²) in [6.07, 6.45) is 1.15. The Morgan fingerprint density at radius 1 is 1.10 bits per heavy atom. The first kappa shape index (κ1) is 12.7. The van der Waals surface area contributed by atoms with Crippen molar-refractivity contribution in [1.29, 1.82) is 0 Å². The molecule has 4 rings (SSSR count). The van der Waals surface area contributed by atoms with Crippen LogP contribution in [0.1, 0.15) is 16.7 Å². The molecule has 3 heteroatoms. The minimum absolute atomic E-state index is 0.767. The molecule has 1 N–H and O–H groups in total. The molecule has 0 amide bonds. The highest BCUT2D eigenvalue weighted by Gasteiger charge is 2.16. The maximum absolute atomic E-state index is 5.84. The fraction of sp³-hybridized carbons (Fsp3) is 0.333. The molecule has 0 fully saturated rings. The van der Waals surface area contributed by atoms with Crippen LogP contribution in [-0.4, -0.2) is 24.6 Å². The normalized spacial score (nSPS) is 17.3. The lowest BCUT2D eigenvalue weighted by molar-refractivity contribution is 0.219. The van der Waals surface area contributed by atoms with Gasteiger partial charge in [-0.25, -0.2) is 0 Å². The Kier molecular flexibility index (Phi) is 3.28. The van der Waals surface area contributed by atoms with Gasteiger partial charge < -0.3 is 10.1 Å². The van der Waals surface area contributed by atoms with Gasteiger partial charge >= 0.3 is 0 Å². The van der Waals surface area contributed by atoms with E-state index in [1.54, 1.807) is 0 Å². The molecule has 108 valence electrons. The van der Waals surface area contributed by atoms with Crippen LogP contribution in [-0.2, 0) is 19.5 Å². The third kappa shape index (κ3) is 2.61. The molecule has 2 aliphatic heterocycles. The van der Waals surface area contributed by atoms with Crippen LogP contribution in [0.4, 0.5) is 5.69 Å². The second-order valence-electron chi connectivity index (χ2n) is 5.84. The molecule has 0 atom stereocenters. The van der Waals surface area contributed by atoms with Crippen molar-refractivity contribution < 1.29 is 4.74 Å². The third-order valence-corrected chi connectivity index (χ3v) is 4.32. The average molecular weight is 280 g/mol. The van der Waals surface area contributed by atoms with E-state index in [1.165, 1.54) is 22.4 Å². The van der Waals surface area contributed by atoms with Crippen LogP contribution in [0.25, 0.3) is 0 Å². The van der Waals surface area contributed by atoms with Gasteiger partial charge in [-0.3, -0.25) is 4.90 Å². The van der Waals surface area contributed by atoms with E-state index in [1.807, 2.05) is 6.07 Å². The number of para-hydroxylation sites is 1. The number of nitrogens with one attached hydrogen (secondary N) is 1. The Bertz CT molecular complexity index is 653. The fourth-order valence-corrected chi connectivity index (χ4v) is 3.23. The van der Waals surface area contributed by atoms with Gasteiger partial charge in [0.2, 0.25) is 0 Å². The maximum Gasteiger partial charge on any atom is 0.123 e. The van der Waals surface area contributed by atoms with Gasteiger partial charge in [0, 0.05) is 37.4 Å². The lowest BCUT2D eigenvalue weighted by atomic mass is 10.1. The highest BCUT2D eigenvalue weighted by atomic mass is 16.5. The third-order valence-electron chi connectivity index (χ3n) is 4.32. The van der Waals surface area contributed by atoms with E-state index in [0.717, 1.165) is 45.0 Å². The number of ether oxygens (including phenoxy) is 1. The lowest BCUT2D eigenvalue weighted by Gasteiger charge is -2.19. The number of fused-ring (bicyclic) bond motifs is 2. The smallest absolute Gasteiger partial charge is 0.123 e. The largest absolute Gasteiger partial charge is 0.492 e. The minimum atomic E-state index is 0.767. The summed E-state index contributed by atoms with van der Waals surface area (Å²) in [6, 6.07) is 15.2. The number of rotatable bonds is 2. The molecule has 0 aliphatic carbocycles. The Labute approximate surface area is 125 Å². The second kappa shape index (κ2) is 5.41. The van der Waals surface area contributed by atoms with E-state index in [9.17, 15) is 0 Å². The van der Waals surface area contributed by atoms with E-state index in [2.05, 4.69) is 46.6 Å². The van der Waals surface area contributed by atoms with Crippen LogP contribution in [0, 0.1) is 0 Å². The van der Waals surface area contributed by atoms with Crippen LogP contribution >= 0.6 is 0 Å². The van der Waals surface area contributed by atoms with Gasteiger partial charge in [0.15, 0.2) is 0 Å². The maximum atomic E-state index is 5.84. The first-order chi connectivity index (χ1) is 10.4. The summed E-state index contributed by atoms with van der Waals surface area (Å²) in [6.45, 7) is 4.77. The zero-order valence-electron chi connectivity index (χ0n) is 12.1.